The molecular formula is C17H22N2O4S. The van der Waals surface area contributed by atoms with E-state index in [4.69, 9.17) is 0 Å². The van der Waals surface area contributed by atoms with E-state index in [2.05, 4.69) is 5.32 Å². The number of nitrogens with zero attached hydrogens (tertiary/aromatic N) is 1. The molecule has 1 spiro atoms. The summed E-state index contributed by atoms with van der Waals surface area (Å²) in [5.74, 6) is -0.210. The number of Topliss-reactive ketones (excluding diaryl/α,β-unsaturated/α-hetero) is 1. The number of nitrogens with one attached hydrogen (secondary N) is 1. The van der Waals surface area contributed by atoms with Crippen molar-refractivity contribution in [2.45, 2.75) is 38.7 Å². The average molecular weight is 350 g/mol. The fraction of sp³-hybridized carbons (Fsp3) is 0.588. The van der Waals surface area contributed by atoms with Crippen molar-refractivity contribution in [3.63, 3.8) is 0 Å². The minimum atomic E-state index is -0.870. The number of piperidine rings is 2. The van der Waals surface area contributed by atoms with Crippen LogP contribution < -0.4 is 5.32 Å². The van der Waals surface area contributed by atoms with Crippen molar-refractivity contribution in [2.75, 3.05) is 19.6 Å². The molecule has 3 heterocycles. The summed E-state index contributed by atoms with van der Waals surface area (Å²) in [5.41, 5.74) is -0.0470. The molecule has 2 aliphatic heterocycles. The first-order valence-corrected chi connectivity index (χ1v) is 9.13. The number of aliphatic hydroxyl groups excluding tert-OH is 1. The minimum Gasteiger partial charge on any atom is -0.392 e. The zero-order valence-corrected chi connectivity index (χ0v) is 14.5. The van der Waals surface area contributed by atoms with Gasteiger partial charge in [0.2, 0.25) is 11.8 Å². The average Bonchev–Trinajstić information content (AvgIpc) is 3.01. The van der Waals surface area contributed by atoms with E-state index in [1.807, 2.05) is 5.38 Å². The molecule has 3 rings (SSSR count). The molecule has 130 valence electrons. The smallest absolute Gasteiger partial charge is 0.230 e. The summed E-state index contributed by atoms with van der Waals surface area (Å²) in [6.07, 6.45) is 1.36. The maximum absolute atomic E-state index is 12.6. The van der Waals surface area contributed by atoms with E-state index < -0.39 is 11.5 Å². The van der Waals surface area contributed by atoms with Gasteiger partial charge < -0.3 is 15.3 Å². The third kappa shape index (κ3) is 3.10. The van der Waals surface area contributed by atoms with E-state index in [0.29, 0.717) is 30.8 Å². The zero-order valence-electron chi connectivity index (χ0n) is 13.7. The minimum absolute atomic E-state index is 0.00220. The summed E-state index contributed by atoms with van der Waals surface area (Å²) in [6, 6.07) is 1.76. The van der Waals surface area contributed by atoms with E-state index in [9.17, 15) is 19.5 Å². The Bertz CT molecular complexity index is 671. The number of carbonyl (C=O) groups excluding carboxylic acids is 3. The van der Waals surface area contributed by atoms with Gasteiger partial charge in [0.05, 0.1) is 22.8 Å². The number of aliphatic hydroxyl groups is 1. The molecular weight excluding hydrogens is 328 g/mol. The molecule has 1 aromatic rings. The third-order valence-electron chi connectivity index (χ3n) is 5.03. The van der Waals surface area contributed by atoms with Gasteiger partial charge in [-0.1, -0.05) is 0 Å². The van der Waals surface area contributed by atoms with E-state index in [-0.39, 0.29) is 30.6 Å². The predicted molar refractivity (Wildman–Crippen MR) is 89.9 cm³/mol. The first kappa shape index (κ1) is 17.1. The monoisotopic (exact) mass is 350 g/mol. The molecule has 0 radical (unpaired) electrons. The van der Waals surface area contributed by atoms with E-state index in [1.165, 1.54) is 18.3 Å². The van der Waals surface area contributed by atoms with Crippen molar-refractivity contribution >= 4 is 28.9 Å². The highest BCUT2D eigenvalue weighted by molar-refractivity contribution is 7.12. The fourth-order valence-corrected chi connectivity index (χ4v) is 4.41. The number of rotatable bonds is 3. The van der Waals surface area contributed by atoms with Gasteiger partial charge in [-0.3, -0.25) is 14.4 Å². The van der Waals surface area contributed by atoms with Gasteiger partial charge in [-0.2, -0.15) is 0 Å². The molecule has 6 nitrogen and oxygen atoms in total. The van der Waals surface area contributed by atoms with Gasteiger partial charge in [-0.05, 0) is 43.2 Å². The molecule has 2 atom stereocenters. The van der Waals surface area contributed by atoms with Crippen molar-refractivity contribution in [1.82, 2.24) is 10.2 Å². The van der Waals surface area contributed by atoms with E-state index >= 15 is 0 Å². The zero-order chi connectivity index (χ0) is 17.3. The molecule has 0 aliphatic carbocycles. The molecule has 0 saturated carbocycles. The number of hydrogen-bond donors (Lipinski definition) is 2. The molecule has 2 saturated heterocycles. The van der Waals surface area contributed by atoms with Crippen LogP contribution in [-0.4, -0.2) is 53.3 Å². The van der Waals surface area contributed by atoms with Crippen LogP contribution in [0.3, 0.4) is 0 Å². The number of likely N-dealkylation sites (tertiary alicyclic amines) is 1. The standard InChI is InChI=1S/C17H22N2O4S/c1-11(20)13-7-12(9-24-13)8-15(22)19-6-3-14(21)17(10-19)4-2-5-18-16(17)23/h7,9,14,21H,2-6,8,10H2,1H3,(H,18,23)/t14-,17+/m0/s1. The third-order valence-corrected chi connectivity index (χ3v) is 6.11. The lowest BCUT2D eigenvalue weighted by Crippen LogP contribution is -2.62. The van der Waals surface area contributed by atoms with Crippen LogP contribution in [0.2, 0.25) is 0 Å². The second-order valence-electron chi connectivity index (χ2n) is 6.69. The maximum Gasteiger partial charge on any atom is 0.230 e. The van der Waals surface area contributed by atoms with Gasteiger partial charge in [-0.15, -0.1) is 11.3 Å². The lowest BCUT2D eigenvalue weighted by molar-refractivity contribution is -0.154. The molecule has 2 fully saturated rings. The van der Waals surface area contributed by atoms with Crippen LogP contribution in [0.1, 0.15) is 41.4 Å². The number of thiophene rings is 1. The SMILES string of the molecule is CC(=O)c1cc(CC(=O)N2CC[C@H](O)[C@@]3(CCCNC3=O)C2)cs1. The van der Waals surface area contributed by atoms with Crippen LogP contribution in [0.25, 0.3) is 0 Å². The highest BCUT2D eigenvalue weighted by atomic mass is 32.1. The summed E-state index contributed by atoms with van der Waals surface area (Å²) >= 11 is 1.34. The Morgan fingerprint density at radius 3 is 2.96 bits per heavy atom. The normalized spacial score (nSPS) is 27.2. The molecule has 24 heavy (non-hydrogen) atoms. The Balaban J connectivity index is 1.70. The Morgan fingerprint density at radius 1 is 1.50 bits per heavy atom. The van der Waals surface area contributed by atoms with Crippen LogP contribution in [0.5, 0.6) is 0 Å². The predicted octanol–water partition coefficient (Wildman–Crippen LogP) is 0.983. The van der Waals surface area contributed by atoms with Crippen molar-refractivity contribution in [3.05, 3.63) is 21.9 Å². The van der Waals surface area contributed by atoms with Gasteiger partial charge in [0.1, 0.15) is 0 Å². The first-order valence-electron chi connectivity index (χ1n) is 8.25. The Hall–Kier alpha value is -1.73. The quantitative estimate of drug-likeness (QED) is 0.796. The number of hydrogen-bond acceptors (Lipinski definition) is 5. The Labute approximate surface area is 144 Å². The molecule has 2 amide bonds. The van der Waals surface area contributed by atoms with Crippen molar-refractivity contribution in [1.29, 1.82) is 0 Å². The van der Waals surface area contributed by atoms with Crippen LogP contribution in [0.15, 0.2) is 11.4 Å². The molecule has 1 aromatic heterocycles. The molecule has 2 N–H and O–H groups in total. The molecule has 0 unspecified atom stereocenters. The molecule has 0 bridgehead atoms. The first-order chi connectivity index (χ1) is 11.4. The van der Waals surface area contributed by atoms with Crippen LogP contribution >= 0.6 is 11.3 Å². The van der Waals surface area contributed by atoms with Gasteiger partial charge in [0.25, 0.3) is 0 Å². The summed E-state index contributed by atoms with van der Waals surface area (Å²) in [4.78, 5) is 38.7. The highest BCUT2D eigenvalue weighted by Gasteiger charge is 2.50. The highest BCUT2D eigenvalue weighted by Crippen LogP contribution is 2.37. The Morgan fingerprint density at radius 2 is 2.29 bits per heavy atom. The largest absolute Gasteiger partial charge is 0.392 e. The number of carbonyl (C=O) groups is 3. The summed E-state index contributed by atoms with van der Waals surface area (Å²) < 4.78 is 0. The molecule has 2 aliphatic rings. The fourth-order valence-electron chi connectivity index (χ4n) is 3.60. The second-order valence-corrected chi connectivity index (χ2v) is 7.60. The topological polar surface area (TPSA) is 86.7 Å². The summed E-state index contributed by atoms with van der Waals surface area (Å²) in [5, 5.41) is 15.0. The molecule has 0 aromatic carbocycles. The van der Waals surface area contributed by atoms with Gasteiger partial charge in [0, 0.05) is 19.6 Å². The maximum atomic E-state index is 12.6. The lowest BCUT2D eigenvalue weighted by Gasteiger charge is -2.46. The van der Waals surface area contributed by atoms with Crippen molar-refractivity contribution in [2.24, 2.45) is 5.41 Å². The summed E-state index contributed by atoms with van der Waals surface area (Å²) in [7, 11) is 0. The van der Waals surface area contributed by atoms with Gasteiger partial charge in [-0.25, -0.2) is 0 Å². The van der Waals surface area contributed by atoms with Gasteiger partial charge >= 0.3 is 0 Å². The second kappa shape index (κ2) is 6.64. The molecule has 7 heteroatoms. The number of ketones is 1. The van der Waals surface area contributed by atoms with Crippen LogP contribution in [0.4, 0.5) is 0 Å². The number of amides is 2. The van der Waals surface area contributed by atoms with E-state index in [1.54, 1.807) is 11.0 Å². The summed E-state index contributed by atoms with van der Waals surface area (Å²) in [6.45, 7) is 2.86. The van der Waals surface area contributed by atoms with Gasteiger partial charge in [0.15, 0.2) is 5.78 Å². The van der Waals surface area contributed by atoms with Crippen molar-refractivity contribution in [3.8, 4) is 0 Å². The lowest BCUT2D eigenvalue weighted by atomic mass is 9.71. The van der Waals surface area contributed by atoms with Crippen LogP contribution in [0, 0.1) is 5.41 Å². The van der Waals surface area contributed by atoms with Crippen LogP contribution in [-0.2, 0) is 16.0 Å². The Kier molecular flexibility index (Phi) is 4.73. The van der Waals surface area contributed by atoms with Crippen molar-refractivity contribution < 1.29 is 19.5 Å². The van der Waals surface area contributed by atoms with E-state index in [0.717, 1.165) is 12.0 Å².